The highest BCUT2D eigenvalue weighted by Crippen LogP contribution is 2.33. The maximum atomic E-state index is 13.3. The fourth-order valence-electron chi connectivity index (χ4n) is 2.91. The van der Waals surface area contributed by atoms with Crippen molar-refractivity contribution in [1.29, 1.82) is 0 Å². The number of hydrogen-bond acceptors (Lipinski definition) is 4. The molecule has 0 fully saturated rings. The lowest BCUT2D eigenvalue weighted by molar-refractivity contribution is 0.0980. The number of ketones is 1. The normalized spacial score (nSPS) is 12.3. The molecule has 0 saturated carbocycles. The first kappa shape index (κ1) is 18.9. The first-order chi connectivity index (χ1) is 13.0. The predicted octanol–water partition coefficient (Wildman–Crippen LogP) is 4.48. The van der Waals surface area contributed by atoms with E-state index in [1.54, 1.807) is 60.7 Å². The summed E-state index contributed by atoms with van der Waals surface area (Å²) in [5, 5.41) is -0.959. The molecule has 1 unspecified atom stereocenters. The van der Waals surface area contributed by atoms with Crippen LogP contribution in [0.1, 0.15) is 27.6 Å². The standard InChI is InChI=1S/C22H20O4S/c1-26-19-12-14-20(15-13-19)27(24,25)22(18-10-6-3-7-11-18)16-21(23)17-8-4-2-5-9-17/h2-15,22H,16H2,1H3. The zero-order chi connectivity index (χ0) is 19.3. The van der Waals surface area contributed by atoms with Crippen LogP contribution >= 0.6 is 0 Å². The van der Waals surface area contributed by atoms with Crippen molar-refractivity contribution in [3.8, 4) is 5.75 Å². The summed E-state index contributed by atoms with van der Waals surface area (Å²) in [6.07, 6.45) is -0.123. The fraction of sp³-hybridized carbons (Fsp3) is 0.136. The van der Waals surface area contributed by atoms with Gasteiger partial charge in [-0.2, -0.15) is 0 Å². The predicted molar refractivity (Wildman–Crippen MR) is 105 cm³/mol. The number of Topliss-reactive ketones (excluding diaryl/α,β-unsaturated/α-hetero) is 1. The molecule has 3 rings (SSSR count). The van der Waals surface area contributed by atoms with Crippen molar-refractivity contribution in [2.45, 2.75) is 16.6 Å². The van der Waals surface area contributed by atoms with Gasteiger partial charge < -0.3 is 4.74 Å². The molecular weight excluding hydrogens is 360 g/mol. The highest BCUT2D eigenvalue weighted by Gasteiger charge is 2.31. The van der Waals surface area contributed by atoms with Crippen LogP contribution < -0.4 is 4.74 Å². The molecule has 3 aromatic carbocycles. The molecule has 138 valence electrons. The maximum Gasteiger partial charge on any atom is 0.185 e. The van der Waals surface area contributed by atoms with Gasteiger partial charge in [0.05, 0.1) is 17.3 Å². The van der Waals surface area contributed by atoms with Gasteiger partial charge in [-0.25, -0.2) is 8.42 Å². The van der Waals surface area contributed by atoms with Crippen LogP contribution in [0.25, 0.3) is 0 Å². The Labute approximate surface area is 159 Å². The summed E-state index contributed by atoms with van der Waals surface area (Å²) in [6, 6.07) is 23.8. The SMILES string of the molecule is COc1ccc(S(=O)(=O)C(CC(=O)c2ccccc2)c2ccccc2)cc1. The van der Waals surface area contributed by atoms with Gasteiger partial charge in [0.1, 0.15) is 5.75 Å². The Balaban J connectivity index is 2.00. The summed E-state index contributed by atoms with van der Waals surface area (Å²) in [7, 11) is -2.24. The van der Waals surface area contributed by atoms with E-state index in [-0.39, 0.29) is 17.1 Å². The van der Waals surface area contributed by atoms with Crippen LogP contribution in [0.2, 0.25) is 0 Å². The number of hydrogen-bond donors (Lipinski definition) is 0. The second kappa shape index (κ2) is 8.18. The Bertz CT molecular complexity index is 995. The molecular formula is C22H20O4S. The van der Waals surface area contributed by atoms with Gasteiger partial charge >= 0.3 is 0 Å². The third kappa shape index (κ3) is 4.26. The monoisotopic (exact) mass is 380 g/mol. The van der Waals surface area contributed by atoms with E-state index in [1.807, 2.05) is 12.1 Å². The van der Waals surface area contributed by atoms with Crippen LogP contribution in [0.3, 0.4) is 0 Å². The second-order valence-electron chi connectivity index (χ2n) is 6.11. The molecule has 0 heterocycles. The number of benzene rings is 3. The van der Waals surface area contributed by atoms with Gasteiger partial charge in [-0.3, -0.25) is 4.79 Å². The molecule has 0 N–H and O–H groups in total. The molecule has 0 bridgehead atoms. The zero-order valence-corrected chi connectivity index (χ0v) is 15.7. The molecule has 4 nitrogen and oxygen atoms in total. The van der Waals surface area contributed by atoms with Gasteiger partial charge in [-0.15, -0.1) is 0 Å². The van der Waals surface area contributed by atoms with E-state index in [0.717, 1.165) is 0 Å². The Morgan fingerprint density at radius 1 is 0.852 bits per heavy atom. The van der Waals surface area contributed by atoms with Gasteiger partial charge in [0.15, 0.2) is 15.6 Å². The van der Waals surface area contributed by atoms with Gasteiger partial charge in [0.2, 0.25) is 0 Å². The first-order valence-corrected chi connectivity index (χ1v) is 10.1. The average Bonchev–Trinajstić information content (AvgIpc) is 2.73. The molecule has 3 aromatic rings. The summed E-state index contributed by atoms with van der Waals surface area (Å²) in [5.41, 5.74) is 1.10. The van der Waals surface area contributed by atoms with Crippen LogP contribution in [-0.2, 0) is 9.84 Å². The molecule has 1 atom stereocenters. The minimum atomic E-state index is -3.76. The maximum absolute atomic E-state index is 13.3. The van der Waals surface area contributed by atoms with Crippen molar-refractivity contribution in [3.63, 3.8) is 0 Å². The first-order valence-electron chi connectivity index (χ1n) is 8.53. The van der Waals surface area contributed by atoms with Crippen LogP contribution in [0.4, 0.5) is 0 Å². The average molecular weight is 380 g/mol. The van der Waals surface area contributed by atoms with E-state index in [1.165, 1.54) is 19.2 Å². The Morgan fingerprint density at radius 3 is 1.96 bits per heavy atom. The van der Waals surface area contributed by atoms with Gasteiger partial charge in [-0.1, -0.05) is 60.7 Å². The lowest BCUT2D eigenvalue weighted by atomic mass is 10.0. The number of methoxy groups -OCH3 is 1. The van der Waals surface area contributed by atoms with E-state index >= 15 is 0 Å². The smallest absolute Gasteiger partial charge is 0.185 e. The summed E-state index contributed by atoms with van der Waals surface area (Å²) in [5.74, 6) is 0.368. The fourth-order valence-corrected chi connectivity index (χ4v) is 4.64. The van der Waals surface area contributed by atoms with Crippen molar-refractivity contribution in [3.05, 3.63) is 96.1 Å². The third-order valence-corrected chi connectivity index (χ3v) is 6.52. The van der Waals surface area contributed by atoms with Crippen molar-refractivity contribution >= 4 is 15.6 Å². The largest absolute Gasteiger partial charge is 0.497 e. The Morgan fingerprint density at radius 2 is 1.41 bits per heavy atom. The molecule has 5 heteroatoms. The van der Waals surface area contributed by atoms with E-state index in [9.17, 15) is 13.2 Å². The summed E-state index contributed by atoms with van der Waals surface area (Å²) in [4.78, 5) is 12.9. The van der Waals surface area contributed by atoms with E-state index in [4.69, 9.17) is 4.74 Å². The van der Waals surface area contributed by atoms with E-state index in [2.05, 4.69) is 0 Å². The molecule has 0 spiro atoms. The van der Waals surface area contributed by atoms with Gasteiger partial charge in [0, 0.05) is 12.0 Å². The number of carbonyl (C=O) groups is 1. The van der Waals surface area contributed by atoms with Crippen LogP contribution in [0, 0.1) is 0 Å². The Hall–Kier alpha value is -2.92. The van der Waals surface area contributed by atoms with Crippen LogP contribution in [0.15, 0.2) is 89.8 Å². The molecule has 0 radical (unpaired) electrons. The van der Waals surface area contributed by atoms with Crippen molar-refractivity contribution in [1.82, 2.24) is 0 Å². The Kier molecular flexibility index (Phi) is 5.72. The van der Waals surface area contributed by atoms with E-state index < -0.39 is 15.1 Å². The second-order valence-corrected chi connectivity index (χ2v) is 8.24. The lowest BCUT2D eigenvalue weighted by Crippen LogP contribution is -2.18. The number of carbonyl (C=O) groups excluding carboxylic acids is 1. The van der Waals surface area contributed by atoms with Gasteiger partial charge in [0.25, 0.3) is 0 Å². The summed E-state index contributed by atoms with van der Waals surface area (Å²) in [6.45, 7) is 0. The highest BCUT2D eigenvalue weighted by molar-refractivity contribution is 7.91. The number of rotatable bonds is 7. The molecule has 27 heavy (non-hydrogen) atoms. The van der Waals surface area contributed by atoms with Crippen LogP contribution in [0.5, 0.6) is 5.75 Å². The lowest BCUT2D eigenvalue weighted by Gasteiger charge is -2.18. The quantitative estimate of drug-likeness (QED) is 0.567. The third-order valence-electron chi connectivity index (χ3n) is 4.40. The minimum absolute atomic E-state index is 0.123. The summed E-state index contributed by atoms with van der Waals surface area (Å²) < 4.78 is 31.7. The minimum Gasteiger partial charge on any atom is -0.497 e. The van der Waals surface area contributed by atoms with Crippen molar-refractivity contribution < 1.29 is 17.9 Å². The number of sulfone groups is 1. The zero-order valence-electron chi connectivity index (χ0n) is 14.9. The van der Waals surface area contributed by atoms with Gasteiger partial charge in [-0.05, 0) is 29.8 Å². The molecule has 0 aliphatic heterocycles. The summed E-state index contributed by atoms with van der Waals surface area (Å²) >= 11 is 0. The molecule has 0 saturated heterocycles. The van der Waals surface area contributed by atoms with Crippen molar-refractivity contribution in [2.75, 3.05) is 7.11 Å². The number of ether oxygens (including phenoxy) is 1. The van der Waals surface area contributed by atoms with Crippen LogP contribution in [-0.4, -0.2) is 21.3 Å². The topological polar surface area (TPSA) is 60.4 Å². The molecule has 0 amide bonds. The highest BCUT2D eigenvalue weighted by atomic mass is 32.2. The van der Waals surface area contributed by atoms with E-state index in [0.29, 0.717) is 16.9 Å². The molecule has 0 aliphatic carbocycles. The molecule has 0 aliphatic rings. The molecule has 0 aromatic heterocycles. The van der Waals surface area contributed by atoms with Crippen molar-refractivity contribution in [2.24, 2.45) is 0 Å².